The number of carbonyl (C=O) groups is 1. The number of alkyl halides is 3. The minimum atomic E-state index is -4.39. The Kier molecular flexibility index (Phi) is 4.65. The van der Waals surface area contributed by atoms with E-state index >= 15 is 0 Å². The summed E-state index contributed by atoms with van der Waals surface area (Å²) >= 11 is 0. The Labute approximate surface area is 115 Å². The minimum Gasteiger partial charge on any atom is -0.345 e. The predicted octanol–water partition coefficient (Wildman–Crippen LogP) is 2.50. The van der Waals surface area contributed by atoms with E-state index in [1.54, 1.807) is 24.3 Å². The van der Waals surface area contributed by atoms with Crippen molar-refractivity contribution in [1.29, 1.82) is 0 Å². The molecule has 6 heteroatoms. The van der Waals surface area contributed by atoms with E-state index in [1.807, 2.05) is 16.3 Å². The Morgan fingerprint density at radius 1 is 1.20 bits per heavy atom. The fraction of sp³-hybridized carbons (Fsp3) is 0.500. The van der Waals surface area contributed by atoms with Crippen LogP contribution in [0.5, 0.6) is 0 Å². The van der Waals surface area contributed by atoms with Crippen LogP contribution in [0, 0.1) is 0 Å². The maximum Gasteiger partial charge on any atom is 0.405 e. The van der Waals surface area contributed by atoms with Crippen LogP contribution in [0.4, 0.5) is 13.2 Å². The van der Waals surface area contributed by atoms with Crippen LogP contribution in [0.15, 0.2) is 30.3 Å². The molecule has 2 rings (SSSR count). The minimum absolute atomic E-state index is 0.588. The molecule has 1 fully saturated rings. The lowest BCUT2D eigenvalue weighted by molar-refractivity contribution is -0.141. The first-order valence-corrected chi connectivity index (χ1v) is 6.61. The van der Waals surface area contributed by atoms with E-state index in [9.17, 15) is 18.0 Å². The van der Waals surface area contributed by atoms with Gasteiger partial charge in [0.25, 0.3) is 0 Å². The van der Waals surface area contributed by atoms with E-state index in [0.29, 0.717) is 0 Å². The Morgan fingerprint density at radius 3 is 2.35 bits per heavy atom. The Bertz CT molecular complexity index is 441. The highest BCUT2D eigenvalue weighted by atomic mass is 19.4. The van der Waals surface area contributed by atoms with E-state index in [0.717, 1.165) is 31.5 Å². The molecule has 0 saturated carbocycles. The first kappa shape index (κ1) is 14.8. The Hall–Kier alpha value is -1.56. The number of carbonyl (C=O) groups excluding carboxylic acids is 1. The monoisotopic (exact) mass is 286 g/mol. The molecule has 1 aromatic carbocycles. The summed E-state index contributed by atoms with van der Waals surface area (Å²) in [6.07, 6.45) is -2.45. The third kappa shape index (κ3) is 3.96. The molecule has 1 saturated heterocycles. The van der Waals surface area contributed by atoms with Crippen LogP contribution in [0.2, 0.25) is 0 Å². The average Bonchev–Trinajstić information content (AvgIpc) is 2.91. The molecule has 0 bridgehead atoms. The molecule has 1 aliphatic rings. The second-order valence-corrected chi connectivity index (χ2v) is 4.89. The van der Waals surface area contributed by atoms with Crippen molar-refractivity contribution in [3.63, 3.8) is 0 Å². The highest BCUT2D eigenvalue weighted by molar-refractivity contribution is 5.83. The molecule has 20 heavy (non-hydrogen) atoms. The zero-order valence-corrected chi connectivity index (χ0v) is 11.0. The largest absolute Gasteiger partial charge is 0.405 e. The van der Waals surface area contributed by atoms with Gasteiger partial charge in [0.05, 0.1) is 0 Å². The van der Waals surface area contributed by atoms with Crippen LogP contribution in [0.25, 0.3) is 0 Å². The van der Waals surface area contributed by atoms with Gasteiger partial charge in [-0.1, -0.05) is 30.3 Å². The van der Waals surface area contributed by atoms with Crippen molar-refractivity contribution in [3.8, 4) is 0 Å². The molecule has 1 N–H and O–H groups in total. The van der Waals surface area contributed by atoms with Gasteiger partial charge in [-0.2, -0.15) is 13.2 Å². The van der Waals surface area contributed by atoms with Gasteiger partial charge in [0, 0.05) is 0 Å². The van der Waals surface area contributed by atoms with Crippen LogP contribution in [-0.2, 0) is 4.79 Å². The number of hydrogen-bond acceptors (Lipinski definition) is 2. The fourth-order valence-electron chi connectivity index (χ4n) is 2.45. The summed E-state index contributed by atoms with van der Waals surface area (Å²) in [5, 5.41) is 1.99. The number of nitrogens with one attached hydrogen (secondary N) is 1. The molecule has 1 aromatic rings. The highest BCUT2D eigenvalue weighted by Crippen LogP contribution is 2.25. The summed E-state index contributed by atoms with van der Waals surface area (Å²) in [7, 11) is 0. The lowest BCUT2D eigenvalue weighted by Gasteiger charge is -2.27. The number of likely N-dealkylation sites (tertiary alicyclic amines) is 1. The van der Waals surface area contributed by atoms with Crippen molar-refractivity contribution >= 4 is 5.91 Å². The smallest absolute Gasteiger partial charge is 0.345 e. The Balaban J connectivity index is 2.12. The van der Waals surface area contributed by atoms with E-state index in [1.165, 1.54) is 0 Å². The molecular weight excluding hydrogens is 269 g/mol. The summed E-state index contributed by atoms with van der Waals surface area (Å²) in [4.78, 5) is 14.1. The van der Waals surface area contributed by atoms with Crippen molar-refractivity contribution in [1.82, 2.24) is 10.2 Å². The van der Waals surface area contributed by atoms with Crippen molar-refractivity contribution < 1.29 is 18.0 Å². The van der Waals surface area contributed by atoms with Gasteiger partial charge in [-0.25, -0.2) is 0 Å². The Morgan fingerprint density at radius 2 is 1.80 bits per heavy atom. The number of nitrogens with zero attached hydrogens (tertiary/aromatic N) is 1. The van der Waals surface area contributed by atoms with Gasteiger partial charge < -0.3 is 5.32 Å². The average molecular weight is 286 g/mol. The van der Waals surface area contributed by atoms with Gasteiger partial charge >= 0.3 is 6.18 Å². The third-order valence-corrected chi connectivity index (χ3v) is 3.33. The zero-order valence-electron chi connectivity index (χ0n) is 11.0. The molecule has 1 aliphatic heterocycles. The van der Waals surface area contributed by atoms with Crippen molar-refractivity contribution in [2.24, 2.45) is 0 Å². The second-order valence-electron chi connectivity index (χ2n) is 4.89. The van der Waals surface area contributed by atoms with E-state index in [-0.39, 0.29) is 0 Å². The van der Waals surface area contributed by atoms with E-state index < -0.39 is 24.7 Å². The van der Waals surface area contributed by atoms with Gasteiger partial charge in [-0.15, -0.1) is 0 Å². The van der Waals surface area contributed by atoms with E-state index in [2.05, 4.69) is 0 Å². The second kappa shape index (κ2) is 6.26. The molecule has 1 heterocycles. The molecule has 1 amide bonds. The van der Waals surface area contributed by atoms with Gasteiger partial charge in [0.2, 0.25) is 5.91 Å². The summed E-state index contributed by atoms with van der Waals surface area (Å²) in [5.41, 5.74) is 0.731. The number of hydrogen-bond donors (Lipinski definition) is 1. The SMILES string of the molecule is O=C(NCC(F)(F)F)[C@@H](c1ccccc1)N1CCCC1. The molecule has 0 spiro atoms. The number of amides is 1. The molecule has 110 valence electrons. The molecule has 0 radical (unpaired) electrons. The van der Waals surface area contributed by atoms with Crippen LogP contribution in [0.3, 0.4) is 0 Å². The number of rotatable bonds is 4. The predicted molar refractivity (Wildman–Crippen MR) is 69.1 cm³/mol. The summed E-state index contributed by atoms with van der Waals surface area (Å²) in [5.74, 6) is -0.588. The topological polar surface area (TPSA) is 32.3 Å². The standard InChI is InChI=1S/C14H17F3N2O/c15-14(16,17)10-18-13(20)12(19-8-4-5-9-19)11-6-2-1-3-7-11/h1-3,6-7,12H,4-5,8-10H2,(H,18,20)/t12-/m1/s1. The summed E-state index contributed by atoms with van der Waals surface area (Å²) < 4.78 is 36.7. The fourth-order valence-corrected chi connectivity index (χ4v) is 2.45. The highest BCUT2D eigenvalue weighted by Gasteiger charge is 2.33. The molecule has 1 atom stereocenters. The number of halogens is 3. The first-order valence-electron chi connectivity index (χ1n) is 6.61. The lowest BCUT2D eigenvalue weighted by atomic mass is 10.0. The van der Waals surface area contributed by atoms with Crippen LogP contribution in [0.1, 0.15) is 24.4 Å². The van der Waals surface area contributed by atoms with E-state index in [4.69, 9.17) is 0 Å². The van der Waals surface area contributed by atoms with Crippen LogP contribution < -0.4 is 5.32 Å². The van der Waals surface area contributed by atoms with Crippen molar-refractivity contribution in [2.75, 3.05) is 19.6 Å². The molecule has 0 aromatic heterocycles. The van der Waals surface area contributed by atoms with Crippen LogP contribution in [-0.4, -0.2) is 36.6 Å². The summed E-state index contributed by atoms with van der Waals surface area (Å²) in [6.45, 7) is 0.182. The van der Waals surface area contributed by atoms with Gasteiger partial charge in [0.15, 0.2) is 0 Å². The molecule has 0 unspecified atom stereocenters. The maximum absolute atomic E-state index is 12.2. The third-order valence-electron chi connectivity index (χ3n) is 3.33. The van der Waals surface area contributed by atoms with Gasteiger partial charge in [-0.3, -0.25) is 9.69 Å². The number of benzene rings is 1. The first-order chi connectivity index (χ1) is 9.47. The molecular formula is C14H17F3N2O. The van der Waals surface area contributed by atoms with Crippen molar-refractivity contribution in [2.45, 2.75) is 25.1 Å². The maximum atomic E-state index is 12.2. The summed E-state index contributed by atoms with van der Waals surface area (Å²) in [6, 6.07) is 8.30. The van der Waals surface area contributed by atoms with Gasteiger partial charge in [-0.05, 0) is 31.5 Å². The van der Waals surface area contributed by atoms with Gasteiger partial charge in [0.1, 0.15) is 12.6 Å². The molecule has 0 aliphatic carbocycles. The quantitative estimate of drug-likeness (QED) is 0.922. The van der Waals surface area contributed by atoms with Crippen LogP contribution >= 0.6 is 0 Å². The normalized spacial score (nSPS) is 17.9. The van der Waals surface area contributed by atoms with Crippen molar-refractivity contribution in [3.05, 3.63) is 35.9 Å². The molecule has 3 nitrogen and oxygen atoms in total. The zero-order chi connectivity index (χ0) is 14.6. The lowest BCUT2D eigenvalue weighted by Crippen LogP contribution is -2.42.